The third-order valence-electron chi connectivity index (χ3n) is 3.78. The molecule has 5 heteroatoms. The molecule has 104 valence electrons. The van der Waals surface area contributed by atoms with Gasteiger partial charge in [0.2, 0.25) is 0 Å². The monoisotopic (exact) mass is 255 g/mol. The summed E-state index contributed by atoms with van der Waals surface area (Å²) in [5.41, 5.74) is 0. The molecule has 1 unspecified atom stereocenters. The van der Waals surface area contributed by atoms with Crippen molar-refractivity contribution in [1.82, 2.24) is 15.5 Å². The van der Waals surface area contributed by atoms with Crippen molar-refractivity contribution >= 4 is 6.03 Å². The van der Waals surface area contributed by atoms with Gasteiger partial charge < -0.3 is 20.6 Å². The summed E-state index contributed by atoms with van der Waals surface area (Å²) in [5.74, 6) is 0. The number of carbonyl (C=O) groups excluding carboxylic acids is 1. The zero-order valence-electron chi connectivity index (χ0n) is 11.2. The van der Waals surface area contributed by atoms with Crippen LogP contribution in [0.3, 0.4) is 0 Å². The smallest absolute Gasteiger partial charge is 0.315 e. The number of rotatable bonds is 5. The molecule has 2 amide bonds. The average Bonchev–Trinajstić information content (AvgIpc) is 3.13. The number of urea groups is 1. The zero-order chi connectivity index (χ0) is 13.0. The van der Waals surface area contributed by atoms with E-state index in [1.54, 1.807) is 6.92 Å². The second-order valence-electron chi connectivity index (χ2n) is 5.58. The summed E-state index contributed by atoms with van der Waals surface area (Å²) in [6, 6.07) is 1.05. The van der Waals surface area contributed by atoms with Crippen LogP contribution in [-0.2, 0) is 0 Å². The number of likely N-dealkylation sites (tertiary alicyclic amines) is 1. The molecule has 18 heavy (non-hydrogen) atoms. The molecule has 1 aliphatic heterocycles. The average molecular weight is 255 g/mol. The molecule has 0 aromatic heterocycles. The lowest BCUT2D eigenvalue weighted by molar-refractivity contribution is 0.178. The maximum absolute atomic E-state index is 11.6. The Balaban J connectivity index is 1.57. The fourth-order valence-electron chi connectivity index (χ4n) is 2.48. The van der Waals surface area contributed by atoms with E-state index >= 15 is 0 Å². The number of nitrogens with zero attached hydrogens (tertiary/aromatic N) is 1. The topological polar surface area (TPSA) is 64.6 Å². The molecule has 5 nitrogen and oxygen atoms in total. The summed E-state index contributed by atoms with van der Waals surface area (Å²) in [6.45, 7) is 4.49. The minimum absolute atomic E-state index is 0.0967. The molecule has 2 fully saturated rings. The van der Waals surface area contributed by atoms with Gasteiger partial charge in [0.1, 0.15) is 0 Å². The quantitative estimate of drug-likeness (QED) is 0.677. The molecule has 1 aliphatic carbocycles. The number of aliphatic hydroxyl groups excluding tert-OH is 1. The third kappa shape index (κ3) is 4.46. The van der Waals surface area contributed by atoms with Gasteiger partial charge in [-0.3, -0.25) is 0 Å². The number of piperidine rings is 1. The molecule has 0 radical (unpaired) electrons. The molecular weight excluding hydrogens is 230 g/mol. The molecule has 1 atom stereocenters. The van der Waals surface area contributed by atoms with E-state index in [0.717, 1.165) is 32.0 Å². The number of hydrogen-bond acceptors (Lipinski definition) is 3. The summed E-state index contributed by atoms with van der Waals surface area (Å²) in [6.07, 6.45) is 5.08. The first-order chi connectivity index (χ1) is 8.65. The van der Waals surface area contributed by atoms with Gasteiger partial charge in [0.25, 0.3) is 0 Å². The van der Waals surface area contributed by atoms with Crippen LogP contribution in [0.1, 0.15) is 39.0 Å². The lowest BCUT2D eigenvalue weighted by atomic mass is 10.1. The molecule has 2 aliphatic rings. The van der Waals surface area contributed by atoms with Crippen LogP contribution < -0.4 is 10.6 Å². The van der Waals surface area contributed by atoms with E-state index in [9.17, 15) is 4.79 Å². The first-order valence-electron chi connectivity index (χ1n) is 7.11. The van der Waals surface area contributed by atoms with Gasteiger partial charge in [-0.15, -0.1) is 0 Å². The maximum atomic E-state index is 11.6. The van der Waals surface area contributed by atoms with Crippen molar-refractivity contribution in [2.75, 3.05) is 19.6 Å². The van der Waals surface area contributed by atoms with Crippen molar-refractivity contribution in [2.45, 2.75) is 57.2 Å². The van der Waals surface area contributed by atoms with Gasteiger partial charge in [0.15, 0.2) is 0 Å². The lowest BCUT2D eigenvalue weighted by Crippen LogP contribution is -2.48. The van der Waals surface area contributed by atoms with Crippen molar-refractivity contribution < 1.29 is 9.90 Å². The van der Waals surface area contributed by atoms with Crippen LogP contribution in [-0.4, -0.2) is 53.9 Å². The van der Waals surface area contributed by atoms with Crippen molar-refractivity contribution in [3.8, 4) is 0 Å². The van der Waals surface area contributed by atoms with Gasteiger partial charge in [-0.1, -0.05) is 0 Å². The Morgan fingerprint density at radius 1 is 1.33 bits per heavy atom. The number of nitrogens with one attached hydrogen (secondary N) is 2. The molecule has 1 heterocycles. The minimum Gasteiger partial charge on any atom is -0.393 e. The summed E-state index contributed by atoms with van der Waals surface area (Å²) in [4.78, 5) is 14.1. The second kappa shape index (κ2) is 6.38. The molecule has 0 aromatic carbocycles. The predicted octanol–water partition coefficient (Wildman–Crippen LogP) is 0.683. The Labute approximate surface area is 109 Å². The highest BCUT2D eigenvalue weighted by Crippen LogP contribution is 2.29. The van der Waals surface area contributed by atoms with Crippen LogP contribution in [0.25, 0.3) is 0 Å². The summed E-state index contributed by atoms with van der Waals surface area (Å²) in [5, 5.41) is 14.9. The molecule has 3 N–H and O–H groups in total. The van der Waals surface area contributed by atoms with E-state index in [-0.39, 0.29) is 12.1 Å². The summed E-state index contributed by atoms with van der Waals surface area (Å²) < 4.78 is 0. The SMILES string of the molecule is CC(O)CCNC(=O)NC1CCN(C2CC2)CC1. The fourth-order valence-corrected chi connectivity index (χ4v) is 2.48. The van der Waals surface area contributed by atoms with E-state index in [4.69, 9.17) is 5.11 Å². The van der Waals surface area contributed by atoms with Crippen LogP contribution in [0, 0.1) is 0 Å². The van der Waals surface area contributed by atoms with E-state index in [2.05, 4.69) is 15.5 Å². The van der Waals surface area contributed by atoms with Crippen LogP contribution in [0.4, 0.5) is 4.79 Å². The Kier molecular flexibility index (Phi) is 4.83. The van der Waals surface area contributed by atoms with Crippen molar-refractivity contribution in [1.29, 1.82) is 0 Å². The van der Waals surface area contributed by atoms with Gasteiger partial charge in [-0.2, -0.15) is 0 Å². The predicted molar refractivity (Wildman–Crippen MR) is 70.4 cm³/mol. The van der Waals surface area contributed by atoms with Crippen molar-refractivity contribution in [3.05, 3.63) is 0 Å². The van der Waals surface area contributed by atoms with Crippen LogP contribution in [0.5, 0.6) is 0 Å². The van der Waals surface area contributed by atoms with Crippen LogP contribution in [0.2, 0.25) is 0 Å². The summed E-state index contributed by atoms with van der Waals surface area (Å²) in [7, 11) is 0. The van der Waals surface area contributed by atoms with Gasteiger partial charge in [0.05, 0.1) is 6.10 Å². The van der Waals surface area contributed by atoms with E-state index in [0.29, 0.717) is 19.0 Å². The molecular formula is C13H25N3O2. The fraction of sp³-hybridized carbons (Fsp3) is 0.923. The molecule has 2 rings (SSSR count). The standard InChI is InChI=1S/C13H25N3O2/c1-10(17)4-7-14-13(18)15-11-5-8-16(9-6-11)12-2-3-12/h10-12,17H,2-9H2,1H3,(H2,14,15,18). The molecule has 0 spiro atoms. The number of carbonyl (C=O) groups is 1. The number of amides is 2. The third-order valence-corrected chi connectivity index (χ3v) is 3.78. The largest absolute Gasteiger partial charge is 0.393 e. The Hall–Kier alpha value is -0.810. The molecule has 0 bridgehead atoms. The van der Waals surface area contributed by atoms with Crippen molar-refractivity contribution in [3.63, 3.8) is 0 Å². The van der Waals surface area contributed by atoms with Gasteiger partial charge >= 0.3 is 6.03 Å². The minimum atomic E-state index is -0.355. The first kappa shape index (κ1) is 13.6. The lowest BCUT2D eigenvalue weighted by Gasteiger charge is -2.32. The Morgan fingerprint density at radius 2 is 2.00 bits per heavy atom. The van der Waals surface area contributed by atoms with Gasteiger partial charge in [0, 0.05) is 31.7 Å². The second-order valence-corrected chi connectivity index (χ2v) is 5.58. The number of aliphatic hydroxyl groups is 1. The normalized spacial score (nSPS) is 23.7. The first-order valence-corrected chi connectivity index (χ1v) is 7.11. The van der Waals surface area contributed by atoms with Crippen LogP contribution in [0.15, 0.2) is 0 Å². The Morgan fingerprint density at radius 3 is 2.56 bits per heavy atom. The highest BCUT2D eigenvalue weighted by Gasteiger charge is 2.31. The maximum Gasteiger partial charge on any atom is 0.315 e. The van der Waals surface area contributed by atoms with Crippen LogP contribution >= 0.6 is 0 Å². The molecule has 1 saturated carbocycles. The highest BCUT2D eigenvalue weighted by molar-refractivity contribution is 5.74. The van der Waals surface area contributed by atoms with E-state index < -0.39 is 0 Å². The van der Waals surface area contributed by atoms with Crippen molar-refractivity contribution in [2.24, 2.45) is 0 Å². The summed E-state index contributed by atoms with van der Waals surface area (Å²) >= 11 is 0. The Bertz CT molecular complexity index is 271. The van der Waals surface area contributed by atoms with Gasteiger partial charge in [-0.05, 0) is 39.0 Å². The van der Waals surface area contributed by atoms with Gasteiger partial charge in [-0.25, -0.2) is 4.79 Å². The number of hydrogen-bond donors (Lipinski definition) is 3. The van der Waals surface area contributed by atoms with E-state index in [1.165, 1.54) is 12.8 Å². The molecule has 1 saturated heterocycles. The zero-order valence-corrected chi connectivity index (χ0v) is 11.2. The van der Waals surface area contributed by atoms with E-state index in [1.807, 2.05) is 0 Å². The molecule has 0 aromatic rings. The highest BCUT2D eigenvalue weighted by atomic mass is 16.3.